The molecule has 0 spiro atoms. The summed E-state index contributed by atoms with van der Waals surface area (Å²) in [5, 5.41) is 7.81. The van der Waals surface area contributed by atoms with Crippen molar-refractivity contribution >= 4 is 5.91 Å². The molecule has 7 nitrogen and oxygen atoms in total. The molecule has 0 radical (unpaired) electrons. The highest BCUT2D eigenvalue weighted by atomic mass is 16.5. The van der Waals surface area contributed by atoms with Gasteiger partial charge in [0.1, 0.15) is 5.75 Å². The third kappa shape index (κ3) is 5.49. The molecule has 1 aromatic carbocycles. The van der Waals surface area contributed by atoms with Crippen molar-refractivity contribution in [1.82, 2.24) is 20.1 Å². The van der Waals surface area contributed by atoms with Crippen LogP contribution in [0.1, 0.15) is 25.7 Å². The zero-order valence-corrected chi connectivity index (χ0v) is 17.8. The topological polar surface area (TPSA) is 78.3 Å². The van der Waals surface area contributed by atoms with E-state index in [1.807, 2.05) is 47.3 Å². The van der Waals surface area contributed by atoms with Gasteiger partial charge in [-0.3, -0.25) is 14.5 Å². The summed E-state index contributed by atoms with van der Waals surface area (Å²) >= 11 is 0. The van der Waals surface area contributed by atoms with Crippen LogP contribution < -0.4 is 10.1 Å². The first-order valence-electron chi connectivity index (χ1n) is 10.7. The molecule has 4 rings (SSSR count). The van der Waals surface area contributed by atoms with Crippen molar-refractivity contribution in [3.05, 3.63) is 54.9 Å². The largest absolute Gasteiger partial charge is 0.497 e. The van der Waals surface area contributed by atoms with E-state index in [2.05, 4.69) is 16.4 Å². The van der Waals surface area contributed by atoms with Gasteiger partial charge in [0.15, 0.2) is 0 Å². The number of hydrogen-bond donors (Lipinski definition) is 1. The minimum absolute atomic E-state index is 0.0253. The first-order chi connectivity index (χ1) is 15.2. The molecule has 3 aromatic rings. The second-order valence-corrected chi connectivity index (χ2v) is 7.65. The van der Waals surface area contributed by atoms with Gasteiger partial charge < -0.3 is 14.8 Å². The molecule has 7 heteroatoms. The maximum absolute atomic E-state index is 12.3. The fourth-order valence-corrected chi connectivity index (χ4v) is 3.79. The Hall–Kier alpha value is -3.19. The van der Waals surface area contributed by atoms with Gasteiger partial charge in [-0.25, -0.2) is 0 Å². The van der Waals surface area contributed by atoms with Crippen LogP contribution in [0.2, 0.25) is 0 Å². The number of nitrogens with one attached hydrogen (secondary N) is 1. The second-order valence-electron chi connectivity index (χ2n) is 7.65. The lowest BCUT2D eigenvalue weighted by atomic mass is 10.1. The third-order valence-corrected chi connectivity index (χ3v) is 5.46. The van der Waals surface area contributed by atoms with Gasteiger partial charge in [0.25, 0.3) is 0 Å². The van der Waals surface area contributed by atoms with E-state index in [-0.39, 0.29) is 12.0 Å². The van der Waals surface area contributed by atoms with Crippen molar-refractivity contribution < 1.29 is 14.3 Å². The van der Waals surface area contributed by atoms with Gasteiger partial charge in [0.2, 0.25) is 5.91 Å². The number of pyridine rings is 1. The zero-order valence-electron chi connectivity index (χ0n) is 17.8. The molecular weight excluding hydrogens is 392 g/mol. The quantitative estimate of drug-likeness (QED) is 0.601. The van der Waals surface area contributed by atoms with Gasteiger partial charge in [0.05, 0.1) is 37.6 Å². The van der Waals surface area contributed by atoms with Crippen molar-refractivity contribution in [2.45, 2.75) is 38.3 Å². The summed E-state index contributed by atoms with van der Waals surface area (Å²) in [7, 11) is 1.65. The molecule has 0 aliphatic carbocycles. The van der Waals surface area contributed by atoms with Gasteiger partial charge >= 0.3 is 0 Å². The Morgan fingerprint density at radius 3 is 2.81 bits per heavy atom. The molecule has 1 unspecified atom stereocenters. The van der Waals surface area contributed by atoms with Crippen LogP contribution in [0, 0.1) is 0 Å². The maximum Gasteiger partial charge on any atom is 0.222 e. The van der Waals surface area contributed by atoms with E-state index < -0.39 is 0 Å². The fourth-order valence-electron chi connectivity index (χ4n) is 3.79. The summed E-state index contributed by atoms with van der Waals surface area (Å²) in [5.74, 6) is 0.831. The number of nitrogens with zero attached hydrogens (tertiary/aromatic N) is 3. The molecule has 1 amide bonds. The average molecular weight is 421 g/mol. The Bertz CT molecular complexity index is 980. The molecule has 1 N–H and O–H groups in total. The van der Waals surface area contributed by atoms with Gasteiger partial charge in [0, 0.05) is 36.7 Å². The van der Waals surface area contributed by atoms with Gasteiger partial charge in [-0.2, -0.15) is 5.10 Å². The van der Waals surface area contributed by atoms with E-state index in [0.29, 0.717) is 19.5 Å². The van der Waals surface area contributed by atoms with Crippen molar-refractivity contribution in [1.29, 1.82) is 0 Å². The highest BCUT2D eigenvalue weighted by Gasteiger charge is 2.18. The summed E-state index contributed by atoms with van der Waals surface area (Å²) in [6.07, 6.45) is 7.23. The van der Waals surface area contributed by atoms with Crippen LogP contribution in [0.3, 0.4) is 0 Å². The van der Waals surface area contributed by atoms with E-state index in [4.69, 9.17) is 14.6 Å². The molecule has 0 bridgehead atoms. The number of amides is 1. The normalized spacial score (nSPS) is 16.1. The predicted molar refractivity (Wildman–Crippen MR) is 119 cm³/mol. The Morgan fingerprint density at radius 1 is 1.23 bits per heavy atom. The lowest BCUT2D eigenvalue weighted by Crippen LogP contribution is -2.32. The smallest absolute Gasteiger partial charge is 0.222 e. The van der Waals surface area contributed by atoms with Gasteiger partial charge in [-0.15, -0.1) is 0 Å². The van der Waals surface area contributed by atoms with Crippen molar-refractivity contribution in [3.8, 4) is 28.3 Å². The number of ether oxygens (including phenoxy) is 2. The average Bonchev–Trinajstić information content (AvgIpc) is 3.24. The molecule has 1 atom stereocenters. The summed E-state index contributed by atoms with van der Waals surface area (Å²) in [6, 6.07) is 13.8. The Balaban J connectivity index is 1.46. The SMILES string of the molecule is COc1ccc(-c2cc(-c3cccnc3)n(CCNC(=O)CC3CCCCO3)n2)cc1. The van der Waals surface area contributed by atoms with Gasteiger partial charge in [-0.05, 0) is 61.7 Å². The molecule has 1 fully saturated rings. The van der Waals surface area contributed by atoms with Crippen LogP contribution >= 0.6 is 0 Å². The Labute approximate surface area is 182 Å². The molecule has 1 aliphatic rings. The minimum Gasteiger partial charge on any atom is -0.497 e. The predicted octanol–water partition coefficient (Wildman–Crippen LogP) is 3.70. The fraction of sp³-hybridized carbons (Fsp3) is 0.375. The summed E-state index contributed by atoms with van der Waals surface area (Å²) in [4.78, 5) is 16.5. The van der Waals surface area contributed by atoms with Gasteiger partial charge in [-0.1, -0.05) is 0 Å². The molecule has 2 aromatic heterocycles. The number of carbonyl (C=O) groups excluding carboxylic acids is 1. The van der Waals surface area contributed by atoms with Crippen LogP contribution in [0.4, 0.5) is 0 Å². The molecule has 1 aliphatic heterocycles. The second kappa shape index (κ2) is 10.2. The van der Waals surface area contributed by atoms with Crippen LogP contribution in [0.5, 0.6) is 5.75 Å². The highest BCUT2D eigenvalue weighted by Crippen LogP contribution is 2.27. The number of benzene rings is 1. The number of hydrogen-bond acceptors (Lipinski definition) is 5. The van der Waals surface area contributed by atoms with Crippen LogP contribution in [0.15, 0.2) is 54.9 Å². The zero-order chi connectivity index (χ0) is 21.5. The summed E-state index contributed by atoms with van der Waals surface area (Å²) in [6.45, 7) is 1.83. The van der Waals surface area contributed by atoms with E-state index in [9.17, 15) is 4.79 Å². The molecule has 31 heavy (non-hydrogen) atoms. The number of methoxy groups -OCH3 is 1. The van der Waals surface area contributed by atoms with Crippen molar-refractivity contribution in [3.63, 3.8) is 0 Å². The Morgan fingerprint density at radius 2 is 2.10 bits per heavy atom. The Kier molecular flexibility index (Phi) is 6.94. The number of rotatable bonds is 8. The highest BCUT2D eigenvalue weighted by molar-refractivity contribution is 5.76. The third-order valence-electron chi connectivity index (χ3n) is 5.46. The van der Waals surface area contributed by atoms with Crippen LogP contribution in [-0.4, -0.2) is 47.0 Å². The van der Waals surface area contributed by atoms with Crippen molar-refractivity contribution in [2.75, 3.05) is 20.3 Å². The van der Waals surface area contributed by atoms with E-state index in [1.165, 1.54) is 0 Å². The molecule has 3 heterocycles. The van der Waals surface area contributed by atoms with Crippen molar-refractivity contribution in [2.24, 2.45) is 0 Å². The maximum atomic E-state index is 12.3. The first-order valence-corrected chi connectivity index (χ1v) is 10.7. The van der Waals surface area contributed by atoms with E-state index >= 15 is 0 Å². The summed E-state index contributed by atoms with van der Waals surface area (Å²) < 4.78 is 12.8. The molecule has 0 saturated carbocycles. The number of aromatic nitrogens is 3. The molecule has 162 valence electrons. The molecule has 1 saturated heterocycles. The standard InChI is InChI=1S/C24H28N4O3/c1-30-20-9-7-18(8-10-20)22-16-23(19-5-4-11-25-17-19)28(27-22)13-12-26-24(29)15-21-6-2-3-14-31-21/h4-5,7-11,16-17,21H,2-3,6,12-15H2,1H3,(H,26,29). The lowest BCUT2D eigenvalue weighted by Gasteiger charge is -2.21. The monoisotopic (exact) mass is 420 g/mol. The lowest BCUT2D eigenvalue weighted by molar-refractivity contribution is -0.124. The summed E-state index contributed by atoms with van der Waals surface area (Å²) in [5.41, 5.74) is 3.81. The number of carbonyl (C=O) groups is 1. The minimum atomic E-state index is 0.0253. The van der Waals surface area contributed by atoms with Crippen LogP contribution in [0.25, 0.3) is 22.5 Å². The van der Waals surface area contributed by atoms with E-state index in [0.717, 1.165) is 54.1 Å². The van der Waals surface area contributed by atoms with E-state index in [1.54, 1.807) is 13.3 Å². The van der Waals surface area contributed by atoms with Crippen LogP contribution in [-0.2, 0) is 16.1 Å². The molecular formula is C24H28N4O3. The first kappa shape index (κ1) is 21.1.